The first-order chi connectivity index (χ1) is 19.2. The first-order valence-corrected chi connectivity index (χ1v) is 16.6. The van der Waals surface area contributed by atoms with Crippen molar-refractivity contribution in [3.05, 3.63) is 64.7 Å². The van der Waals surface area contributed by atoms with Crippen LogP contribution in [0.25, 0.3) is 0 Å². The van der Waals surface area contributed by atoms with E-state index in [-0.39, 0.29) is 47.5 Å². The normalized spacial score (nSPS) is 16.6. The minimum atomic E-state index is -4.54. The van der Waals surface area contributed by atoms with Crippen molar-refractivity contribution in [3.63, 3.8) is 0 Å². The summed E-state index contributed by atoms with van der Waals surface area (Å²) in [6, 6.07) is 10.9. The smallest absolute Gasteiger partial charge is 0.345 e. The summed E-state index contributed by atoms with van der Waals surface area (Å²) in [5.74, 6) is -0.405. The number of fused-ring (bicyclic) bond motifs is 1. The fourth-order valence-corrected chi connectivity index (χ4v) is 7.69. The molecule has 220 valence electrons. The van der Waals surface area contributed by atoms with E-state index in [4.69, 9.17) is 0 Å². The van der Waals surface area contributed by atoms with Crippen LogP contribution in [0.5, 0.6) is 0 Å². The Morgan fingerprint density at radius 2 is 1.68 bits per heavy atom. The minimum absolute atomic E-state index is 0.0600. The zero-order chi connectivity index (χ0) is 29.7. The maximum Gasteiger partial charge on any atom is 0.434 e. The zero-order valence-corrected chi connectivity index (χ0v) is 24.4. The van der Waals surface area contributed by atoms with Crippen molar-refractivity contribution in [2.45, 2.75) is 17.5 Å². The number of hydrogen-bond donors (Lipinski definition) is 0. The molecule has 3 heterocycles. The number of para-hydroxylation sites is 1. The number of rotatable bonds is 6. The number of anilines is 3. The van der Waals surface area contributed by atoms with E-state index < -0.39 is 37.8 Å². The summed E-state index contributed by atoms with van der Waals surface area (Å²) in [6.45, 7) is 0.837. The van der Waals surface area contributed by atoms with Crippen LogP contribution in [0.15, 0.2) is 52.7 Å². The number of amides is 1. The van der Waals surface area contributed by atoms with E-state index in [0.717, 1.165) is 27.3 Å². The van der Waals surface area contributed by atoms with Crippen molar-refractivity contribution < 1.29 is 34.8 Å². The van der Waals surface area contributed by atoms with Crippen LogP contribution in [0.3, 0.4) is 0 Å². The van der Waals surface area contributed by atoms with E-state index in [0.29, 0.717) is 24.2 Å². The largest absolute Gasteiger partial charge is 0.434 e. The van der Waals surface area contributed by atoms with Gasteiger partial charge in [-0.15, -0.1) is 11.3 Å². The number of thiazole rings is 1. The van der Waals surface area contributed by atoms with Gasteiger partial charge in [0.15, 0.2) is 10.8 Å². The lowest BCUT2D eigenvalue weighted by Gasteiger charge is -2.33. The first-order valence-electron chi connectivity index (χ1n) is 12.4. The number of carbonyl (C=O) groups excluding carboxylic acids is 1. The van der Waals surface area contributed by atoms with Gasteiger partial charge in [0.05, 0.1) is 22.4 Å². The Kier molecular flexibility index (Phi) is 7.55. The predicted octanol–water partition coefficient (Wildman–Crippen LogP) is 3.27. The topological polar surface area (TPSA) is 111 Å². The van der Waals surface area contributed by atoms with E-state index in [1.165, 1.54) is 28.4 Å². The van der Waals surface area contributed by atoms with Crippen LogP contribution >= 0.6 is 11.3 Å². The lowest BCUT2D eigenvalue weighted by Crippen LogP contribution is -2.48. The molecule has 1 amide bonds. The number of alkyl halides is 3. The van der Waals surface area contributed by atoms with Gasteiger partial charge < -0.3 is 9.80 Å². The Morgan fingerprint density at radius 1 is 1.00 bits per heavy atom. The highest BCUT2D eigenvalue weighted by Crippen LogP contribution is 2.35. The van der Waals surface area contributed by atoms with Crippen molar-refractivity contribution in [3.8, 4) is 0 Å². The van der Waals surface area contributed by atoms with Gasteiger partial charge in [-0.25, -0.2) is 21.8 Å². The van der Waals surface area contributed by atoms with Crippen LogP contribution in [0.1, 0.15) is 21.6 Å². The fourth-order valence-electron chi connectivity index (χ4n) is 4.81. The van der Waals surface area contributed by atoms with E-state index in [1.54, 1.807) is 35.2 Å². The van der Waals surface area contributed by atoms with Crippen molar-refractivity contribution in [2.75, 3.05) is 60.1 Å². The Bertz CT molecular complexity index is 1700. The van der Waals surface area contributed by atoms with Gasteiger partial charge in [-0.3, -0.25) is 9.10 Å². The Hall–Kier alpha value is -3.21. The van der Waals surface area contributed by atoms with E-state index in [1.807, 2.05) is 0 Å². The molecule has 16 heteroatoms. The molecule has 0 radical (unpaired) electrons. The molecule has 1 fully saturated rings. The minimum Gasteiger partial charge on any atom is -0.345 e. The van der Waals surface area contributed by atoms with Crippen molar-refractivity contribution in [1.82, 2.24) is 9.29 Å². The van der Waals surface area contributed by atoms with E-state index in [9.17, 15) is 34.8 Å². The molecule has 2 aliphatic rings. The second-order valence-corrected chi connectivity index (χ2v) is 14.4. The molecule has 0 unspecified atom stereocenters. The van der Waals surface area contributed by atoms with Gasteiger partial charge in [-0.1, -0.05) is 12.1 Å². The summed E-state index contributed by atoms with van der Waals surface area (Å²) in [5.41, 5.74) is 0.669. The third kappa shape index (κ3) is 5.65. The summed E-state index contributed by atoms with van der Waals surface area (Å²) >= 11 is 0.868. The molecule has 2 aromatic carbocycles. The van der Waals surface area contributed by atoms with Gasteiger partial charge in [0.2, 0.25) is 20.0 Å². The first kappa shape index (κ1) is 29.3. The SMILES string of the molecule is CN(c1ccccc1C(=O)N1CCc2cc(S(=O)(=O)N3CCN(c4nc(C(F)(F)F)cs4)CC3)ccc21)S(C)(=O)=O. The molecule has 41 heavy (non-hydrogen) atoms. The molecule has 10 nitrogen and oxygen atoms in total. The van der Waals surface area contributed by atoms with Crippen LogP contribution in [-0.2, 0) is 32.6 Å². The molecule has 1 saturated heterocycles. The molecule has 2 aliphatic heterocycles. The number of benzene rings is 2. The number of piperazine rings is 1. The molecular formula is C25H26F3N5O5S3. The van der Waals surface area contributed by atoms with Gasteiger partial charge >= 0.3 is 6.18 Å². The van der Waals surface area contributed by atoms with Crippen LogP contribution in [-0.4, -0.2) is 78.1 Å². The highest BCUT2D eigenvalue weighted by molar-refractivity contribution is 7.92. The van der Waals surface area contributed by atoms with E-state index in [2.05, 4.69) is 4.98 Å². The van der Waals surface area contributed by atoms with Gasteiger partial charge in [-0.2, -0.15) is 17.5 Å². The third-order valence-corrected chi connectivity index (χ3v) is 11.1. The van der Waals surface area contributed by atoms with Gasteiger partial charge in [0.25, 0.3) is 5.91 Å². The lowest BCUT2D eigenvalue weighted by molar-refractivity contribution is -0.140. The standard InChI is InChI=1S/C25H26F3N5O5S3/c1-30(40(2,35)36)21-6-4-3-5-19(21)23(34)33-10-9-17-15-18(7-8-20(17)33)41(37,38)32-13-11-31(12-14-32)24-29-22(16-39-24)25(26,27)28/h3-8,15-16H,9-14H2,1-2H3. The fraction of sp³-hybridized carbons (Fsp3) is 0.360. The molecule has 3 aromatic rings. The number of aromatic nitrogens is 1. The molecule has 5 rings (SSSR count). The van der Waals surface area contributed by atoms with Crippen LogP contribution < -0.4 is 14.1 Å². The maximum atomic E-state index is 13.5. The van der Waals surface area contributed by atoms with Gasteiger partial charge in [-0.05, 0) is 42.3 Å². The molecule has 0 aliphatic carbocycles. The van der Waals surface area contributed by atoms with Crippen LogP contribution in [0, 0.1) is 0 Å². The predicted molar refractivity (Wildman–Crippen MR) is 150 cm³/mol. The molecule has 1 aromatic heterocycles. The average molecular weight is 630 g/mol. The van der Waals surface area contributed by atoms with Gasteiger partial charge in [0, 0.05) is 50.8 Å². The number of halogens is 3. The number of sulfonamides is 2. The van der Waals surface area contributed by atoms with Gasteiger partial charge in [0.1, 0.15) is 0 Å². The van der Waals surface area contributed by atoms with Crippen molar-refractivity contribution in [1.29, 1.82) is 0 Å². The lowest BCUT2D eigenvalue weighted by atomic mass is 10.1. The molecule has 0 spiro atoms. The highest BCUT2D eigenvalue weighted by atomic mass is 32.2. The average Bonchev–Trinajstić information content (AvgIpc) is 3.59. The van der Waals surface area contributed by atoms with Crippen LogP contribution in [0.2, 0.25) is 0 Å². The molecule has 0 saturated carbocycles. The summed E-state index contributed by atoms with van der Waals surface area (Å²) in [6.07, 6.45) is -3.08. The second kappa shape index (κ2) is 10.6. The monoisotopic (exact) mass is 629 g/mol. The Morgan fingerprint density at radius 3 is 2.32 bits per heavy atom. The van der Waals surface area contributed by atoms with Crippen molar-refractivity contribution in [2.24, 2.45) is 0 Å². The quantitative estimate of drug-likeness (QED) is 0.412. The molecular weight excluding hydrogens is 604 g/mol. The summed E-state index contributed by atoms with van der Waals surface area (Å²) in [5, 5.41) is 1.14. The number of hydrogen-bond acceptors (Lipinski definition) is 8. The maximum absolute atomic E-state index is 13.5. The number of carbonyl (C=O) groups is 1. The second-order valence-electron chi connectivity index (χ2n) is 9.65. The molecule has 0 atom stereocenters. The Labute approximate surface area is 239 Å². The summed E-state index contributed by atoms with van der Waals surface area (Å²) < 4.78 is 92.1. The number of nitrogens with zero attached hydrogens (tertiary/aromatic N) is 5. The molecule has 0 N–H and O–H groups in total. The summed E-state index contributed by atoms with van der Waals surface area (Å²) in [4.78, 5) is 20.3. The summed E-state index contributed by atoms with van der Waals surface area (Å²) in [7, 11) is -6.14. The van der Waals surface area contributed by atoms with E-state index >= 15 is 0 Å². The zero-order valence-electron chi connectivity index (χ0n) is 22.0. The van der Waals surface area contributed by atoms with Crippen LogP contribution in [0.4, 0.5) is 29.7 Å². The molecule has 0 bridgehead atoms. The van der Waals surface area contributed by atoms with Crippen molar-refractivity contribution >= 4 is 53.8 Å². The Balaban J connectivity index is 1.32. The third-order valence-electron chi connectivity index (χ3n) is 7.09. The highest BCUT2D eigenvalue weighted by Gasteiger charge is 2.36.